The van der Waals surface area contributed by atoms with Crippen molar-refractivity contribution in [3.63, 3.8) is 0 Å². The van der Waals surface area contributed by atoms with Gasteiger partial charge >= 0.3 is 0 Å². The summed E-state index contributed by atoms with van der Waals surface area (Å²) in [6, 6.07) is 12.9. The molecule has 1 saturated carbocycles. The van der Waals surface area contributed by atoms with Gasteiger partial charge in [-0.05, 0) is 50.8 Å². The molecule has 1 aromatic carbocycles. The summed E-state index contributed by atoms with van der Waals surface area (Å²) >= 11 is 5.81. The molecule has 1 aliphatic carbocycles. The Hall–Kier alpha value is -2.92. The van der Waals surface area contributed by atoms with Gasteiger partial charge in [0.1, 0.15) is 0 Å². The van der Waals surface area contributed by atoms with Crippen molar-refractivity contribution in [2.45, 2.75) is 85.5 Å². The molecule has 1 aliphatic rings. The summed E-state index contributed by atoms with van der Waals surface area (Å²) in [5, 5.41) is 14.9. The van der Waals surface area contributed by atoms with Crippen molar-refractivity contribution in [2.24, 2.45) is 5.41 Å². The standard InChI is InChI=1S/C15H23NO.C10H13ClN6/c1-12(2)16(14(17)15(3,4)5)11-13-9-7-6-8-10-13;1-6(4-5-12)13-9-15-8(11)16-10(17-9)14-7-2-3-7/h6-10,12H,11H2,1-5H3;6-7H,2-4H2,1H3,(H2,13,14,15,16,17). The molecule has 2 aromatic rings. The molecule has 1 aromatic heterocycles. The van der Waals surface area contributed by atoms with E-state index in [1.165, 1.54) is 5.56 Å². The number of hydrogen-bond acceptors (Lipinski definition) is 7. The monoisotopic (exact) mass is 485 g/mol. The van der Waals surface area contributed by atoms with Crippen molar-refractivity contribution in [1.29, 1.82) is 5.26 Å². The minimum absolute atomic E-state index is 0.0211. The van der Waals surface area contributed by atoms with E-state index in [4.69, 9.17) is 16.9 Å². The third kappa shape index (κ3) is 9.52. The Morgan fingerprint density at radius 3 is 2.29 bits per heavy atom. The van der Waals surface area contributed by atoms with Crippen LogP contribution in [0.2, 0.25) is 5.28 Å². The Bertz CT molecular complexity index is 965. The highest BCUT2D eigenvalue weighted by Crippen LogP contribution is 2.24. The molecule has 0 radical (unpaired) electrons. The van der Waals surface area contributed by atoms with E-state index in [0.717, 1.165) is 12.8 Å². The first-order valence-electron chi connectivity index (χ1n) is 11.7. The number of anilines is 2. The molecule has 1 fully saturated rings. The van der Waals surface area contributed by atoms with Gasteiger partial charge in [-0.15, -0.1) is 0 Å². The smallest absolute Gasteiger partial charge is 0.229 e. The van der Waals surface area contributed by atoms with Crippen molar-refractivity contribution in [2.75, 3.05) is 10.6 Å². The molecular weight excluding hydrogens is 450 g/mol. The molecule has 8 nitrogen and oxygen atoms in total. The molecule has 0 aliphatic heterocycles. The summed E-state index contributed by atoms with van der Waals surface area (Å²) in [7, 11) is 0. The van der Waals surface area contributed by atoms with Crippen LogP contribution in [0.4, 0.5) is 11.9 Å². The third-order valence-corrected chi connectivity index (χ3v) is 5.18. The molecular formula is C25H36ClN7O. The normalized spacial score (nSPS) is 13.9. The molecule has 1 amide bonds. The first-order valence-corrected chi connectivity index (χ1v) is 12.0. The Kier molecular flexibility index (Phi) is 10.1. The van der Waals surface area contributed by atoms with Crippen LogP contribution < -0.4 is 10.6 Å². The van der Waals surface area contributed by atoms with Gasteiger partial charge in [0, 0.05) is 30.1 Å². The lowest BCUT2D eigenvalue weighted by Gasteiger charge is -2.32. The van der Waals surface area contributed by atoms with Gasteiger partial charge in [-0.25, -0.2) is 0 Å². The lowest BCUT2D eigenvalue weighted by atomic mass is 9.93. The van der Waals surface area contributed by atoms with Crippen LogP contribution in [0.15, 0.2) is 30.3 Å². The van der Waals surface area contributed by atoms with Gasteiger partial charge < -0.3 is 15.5 Å². The van der Waals surface area contributed by atoms with E-state index >= 15 is 0 Å². The van der Waals surface area contributed by atoms with E-state index < -0.39 is 0 Å². The molecule has 1 unspecified atom stereocenters. The van der Waals surface area contributed by atoms with Crippen LogP contribution in [0, 0.1) is 16.7 Å². The quantitative estimate of drug-likeness (QED) is 0.523. The number of nitriles is 1. The number of aromatic nitrogens is 3. The molecule has 0 saturated heterocycles. The van der Waals surface area contributed by atoms with E-state index in [1.807, 2.05) is 50.8 Å². The number of hydrogen-bond donors (Lipinski definition) is 2. The summed E-state index contributed by atoms with van der Waals surface area (Å²) in [4.78, 5) is 26.4. The molecule has 0 bridgehead atoms. The fourth-order valence-electron chi connectivity index (χ4n) is 3.00. The zero-order valence-electron chi connectivity index (χ0n) is 21.0. The average molecular weight is 486 g/mol. The Balaban J connectivity index is 0.000000240. The van der Waals surface area contributed by atoms with Crippen LogP contribution in [0.25, 0.3) is 0 Å². The lowest BCUT2D eigenvalue weighted by Crippen LogP contribution is -2.43. The van der Waals surface area contributed by atoms with Gasteiger partial charge in [-0.1, -0.05) is 51.1 Å². The highest BCUT2D eigenvalue weighted by molar-refractivity contribution is 6.28. The summed E-state index contributed by atoms with van der Waals surface area (Å²) in [5.41, 5.74) is 0.859. The van der Waals surface area contributed by atoms with Crippen molar-refractivity contribution in [3.05, 3.63) is 41.2 Å². The predicted molar refractivity (Wildman–Crippen MR) is 136 cm³/mol. The molecule has 9 heteroatoms. The number of nitrogens with zero attached hydrogens (tertiary/aromatic N) is 5. The molecule has 34 heavy (non-hydrogen) atoms. The van der Waals surface area contributed by atoms with Crippen LogP contribution >= 0.6 is 11.6 Å². The fraction of sp³-hybridized carbons (Fsp3) is 0.560. The molecule has 2 N–H and O–H groups in total. The first kappa shape index (κ1) is 27.3. The van der Waals surface area contributed by atoms with E-state index in [1.54, 1.807) is 0 Å². The number of rotatable bonds is 8. The van der Waals surface area contributed by atoms with E-state index in [0.29, 0.717) is 30.9 Å². The summed E-state index contributed by atoms with van der Waals surface area (Å²) in [6.45, 7) is 12.6. The number of halogens is 1. The van der Waals surface area contributed by atoms with Gasteiger partial charge in [0.05, 0.1) is 12.5 Å². The fourth-order valence-corrected chi connectivity index (χ4v) is 3.16. The van der Waals surface area contributed by atoms with Gasteiger partial charge in [-0.2, -0.15) is 20.2 Å². The number of carbonyl (C=O) groups excluding carboxylic acids is 1. The minimum Gasteiger partial charge on any atom is -0.351 e. The van der Waals surface area contributed by atoms with Crippen LogP contribution in [-0.2, 0) is 11.3 Å². The Morgan fingerprint density at radius 2 is 1.76 bits per heavy atom. The Morgan fingerprint density at radius 1 is 1.15 bits per heavy atom. The molecule has 1 atom stereocenters. The molecule has 3 rings (SSSR count). The second-order valence-electron chi connectivity index (χ2n) is 9.84. The second-order valence-corrected chi connectivity index (χ2v) is 10.2. The zero-order chi connectivity index (χ0) is 25.3. The lowest BCUT2D eigenvalue weighted by molar-refractivity contribution is -0.142. The maximum Gasteiger partial charge on any atom is 0.229 e. The summed E-state index contributed by atoms with van der Waals surface area (Å²) in [6.07, 6.45) is 2.66. The van der Waals surface area contributed by atoms with Gasteiger partial charge in [-0.3, -0.25) is 4.79 Å². The van der Waals surface area contributed by atoms with Crippen molar-refractivity contribution < 1.29 is 4.79 Å². The maximum absolute atomic E-state index is 12.3. The van der Waals surface area contributed by atoms with Crippen LogP contribution in [-0.4, -0.2) is 43.9 Å². The highest BCUT2D eigenvalue weighted by atomic mass is 35.5. The first-order chi connectivity index (χ1) is 16.0. The van der Waals surface area contributed by atoms with Gasteiger partial charge in [0.25, 0.3) is 0 Å². The Labute approximate surface area is 208 Å². The molecule has 1 heterocycles. The van der Waals surface area contributed by atoms with Crippen molar-refractivity contribution >= 4 is 29.4 Å². The maximum atomic E-state index is 12.3. The minimum atomic E-state index is -0.320. The number of benzene rings is 1. The molecule has 0 spiro atoms. The predicted octanol–water partition coefficient (Wildman–Crippen LogP) is 5.28. The van der Waals surface area contributed by atoms with E-state index in [-0.39, 0.29) is 28.7 Å². The topological polar surface area (TPSA) is 107 Å². The number of amides is 1. The van der Waals surface area contributed by atoms with Crippen LogP contribution in [0.1, 0.15) is 66.4 Å². The van der Waals surface area contributed by atoms with Crippen LogP contribution in [0.3, 0.4) is 0 Å². The van der Waals surface area contributed by atoms with Crippen LogP contribution in [0.5, 0.6) is 0 Å². The van der Waals surface area contributed by atoms with E-state index in [9.17, 15) is 4.79 Å². The average Bonchev–Trinajstić information content (AvgIpc) is 3.55. The van der Waals surface area contributed by atoms with Gasteiger partial charge in [0.2, 0.25) is 23.1 Å². The summed E-state index contributed by atoms with van der Waals surface area (Å²) < 4.78 is 0. The largest absolute Gasteiger partial charge is 0.351 e. The van der Waals surface area contributed by atoms with E-state index in [2.05, 4.69) is 57.6 Å². The zero-order valence-corrected chi connectivity index (χ0v) is 21.7. The molecule has 184 valence electrons. The summed E-state index contributed by atoms with van der Waals surface area (Å²) in [5.74, 6) is 1.09. The second kappa shape index (κ2) is 12.5. The van der Waals surface area contributed by atoms with Crippen molar-refractivity contribution in [1.82, 2.24) is 19.9 Å². The third-order valence-electron chi connectivity index (χ3n) is 5.01. The number of carbonyl (C=O) groups is 1. The van der Waals surface area contributed by atoms with Gasteiger partial charge in [0.15, 0.2) is 0 Å². The number of nitrogens with one attached hydrogen (secondary N) is 2. The van der Waals surface area contributed by atoms with Crippen molar-refractivity contribution in [3.8, 4) is 6.07 Å². The SMILES string of the molecule is CC(C)N(Cc1ccccc1)C(=O)C(C)(C)C.CC(CC#N)Nc1nc(Cl)nc(NC2CC2)n1. The highest BCUT2D eigenvalue weighted by Gasteiger charge is 2.28.